The summed E-state index contributed by atoms with van der Waals surface area (Å²) in [5, 5.41) is 0. The molecule has 0 aliphatic rings. The smallest absolute Gasteiger partial charge is 0.0465 e. The lowest BCUT2D eigenvalue weighted by Gasteiger charge is -1.92. The van der Waals surface area contributed by atoms with Gasteiger partial charge in [-0.2, -0.15) is 0 Å². The molecule has 0 spiro atoms. The molecule has 2 heteroatoms. The molecule has 0 aliphatic carbocycles. The molecule has 1 radical (unpaired) electrons. The lowest BCUT2D eigenvalue weighted by molar-refractivity contribution is 0.201. The van der Waals surface area contributed by atoms with Crippen LogP contribution in [0.4, 0.5) is 0 Å². The Hall–Kier alpha value is -0.0800. The zero-order valence-electron chi connectivity index (χ0n) is 4.68. The first-order valence-corrected chi connectivity index (χ1v) is 2.42. The molecule has 0 amide bonds. The fraction of sp³-hybridized carbons (Fsp3) is 0.800. The maximum absolute atomic E-state index is 5.16. The van der Waals surface area contributed by atoms with Crippen molar-refractivity contribution in [3.8, 4) is 0 Å². The summed E-state index contributed by atoms with van der Waals surface area (Å²) in [6.45, 7) is 1.44. The van der Waals surface area contributed by atoms with Crippen LogP contribution in [0.25, 0.3) is 0 Å². The maximum Gasteiger partial charge on any atom is 0.0465 e. The fourth-order valence-corrected chi connectivity index (χ4v) is 0.319. The lowest BCUT2D eigenvalue weighted by atomic mass is 10.3. The second-order valence-electron chi connectivity index (χ2n) is 1.31. The molecular weight excluding hydrogens is 90.1 g/mol. The number of hydrogen-bond donors (Lipinski definition) is 1. The van der Waals surface area contributed by atoms with Crippen LogP contribution >= 0.6 is 0 Å². The predicted octanol–water partition coefficient (Wildman–Crippen LogP) is 0.186. The molecule has 0 saturated carbocycles. The molecule has 0 rings (SSSR count). The van der Waals surface area contributed by atoms with E-state index >= 15 is 0 Å². The molecule has 0 aromatic carbocycles. The predicted molar refractivity (Wildman–Crippen MR) is 29.8 cm³/mol. The number of methoxy groups -OCH3 is 1. The Bertz CT molecular complexity index is 27.3. The zero-order chi connectivity index (χ0) is 5.54. The van der Waals surface area contributed by atoms with E-state index in [1.54, 1.807) is 7.11 Å². The van der Waals surface area contributed by atoms with Gasteiger partial charge in [-0.05, 0) is 19.4 Å². The third-order valence-corrected chi connectivity index (χ3v) is 0.693. The third-order valence-electron chi connectivity index (χ3n) is 0.693. The Morgan fingerprint density at radius 1 is 1.71 bits per heavy atom. The molecule has 0 atom stereocenters. The van der Waals surface area contributed by atoms with Crippen LogP contribution in [0.3, 0.4) is 0 Å². The summed E-state index contributed by atoms with van der Waals surface area (Å²) >= 11 is 0. The standard InChI is InChI=1S/C5H12NO/c1-7-5-3-2-4-6/h2H,3-6H2,1H3. The minimum atomic E-state index is 0.656. The van der Waals surface area contributed by atoms with Crippen LogP contribution in [0, 0.1) is 6.42 Å². The van der Waals surface area contributed by atoms with Crippen molar-refractivity contribution in [1.82, 2.24) is 0 Å². The number of hydrogen-bond acceptors (Lipinski definition) is 2. The van der Waals surface area contributed by atoms with Crippen LogP contribution in [0.1, 0.15) is 6.42 Å². The molecule has 2 N–H and O–H groups in total. The molecule has 7 heavy (non-hydrogen) atoms. The Kier molecular flexibility index (Phi) is 5.85. The van der Waals surface area contributed by atoms with Crippen LogP contribution in [0.2, 0.25) is 0 Å². The number of unbranched alkanes of at least 4 members (excludes halogenated alkanes) is 1. The van der Waals surface area contributed by atoms with Crippen LogP contribution in [-0.4, -0.2) is 20.3 Å². The van der Waals surface area contributed by atoms with Gasteiger partial charge in [-0.25, -0.2) is 0 Å². The van der Waals surface area contributed by atoms with Gasteiger partial charge in [0.2, 0.25) is 0 Å². The molecule has 43 valence electrons. The molecule has 0 heterocycles. The topological polar surface area (TPSA) is 35.2 Å². The summed E-state index contributed by atoms with van der Waals surface area (Å²) in [7, 11) is 1.68. The number of nitrogens with two attached hydrogens (primary N) is 1. The molecule has 0 unspecified atom stereocenters. The second kappa shape index (κ2) is 5.92. The van der Waals surface area contributed by atoms with Crippen LogP contribution < -0.4 is 5.73 Å². The Balaban J connectivity index is 2.45. The minimum Gasteiger partial charge on any atom is -0.385 e. The maximum atomic E-state index is 5.16. The molecule has 0 saturated heterocycles. The summed E-state index contributed by atoms with van der Waals surface area (Å²) in [5.74, 6) is 0. The summed E-state index contributed by atoms with van der Waals surface area (Å²) in [4.78, 5) is 0. The van der Waals surface area contributed by atoms with E-state index < -0.39 is 0 Å². The van der Waals surface area contributed by atoms with Crippen molar-refractivity contribution >= 4 is 0 Å². The van der Waals surface area contributed by atoms with Crippen molar-refractivity contribution in [3.05, 3.63) is 6.42 Å². The fourth-order valence-electron chi connectivity index (χ4n) is 0.319. The van der Waals surface area contributed by atoms with Crippen LogP contribution in [0.15, 0.2) is 0 Å². The first-order valence-electron chi connectivity index (χ1n) is 2.42. The van der Waals surface area contributed by atoms with E-state index in [1.807, 2.05) is 6.42 Å². The average molecular weight is 102 g/mol. The zero-order valence-corrected chi connectivity index (χ0v) is 4.68. The van der Waals surface area contributed by atoms with Gasteiger partial charge in [0.1, 0.15) is 0 Å². The SMILES string of the molecule is COCC[CH]CN. The quantitative estimate of drug-likeness (QED) is 0.514. The highest BCUT2D eigenvalue weighted by atomic mass is 16.5. The van der Waals surface area contributed by atoms with Gasteiger partial charge in [0.15, 0.2) is 0 Å². The third kappa shape index (κ3) is 5.92. The van der Waals surface area contributed by atoms with E-state index in [9.17, 15) is 0 Å². The Morgan fingerprint density at radius 2 is 2.43 bits per heavy atom. The van der Waals surface area contributed by atoms with Gasteiger partial charge in [0, 0.05) is 13.7 Å². The van der Waals surface area contributed by atoms with Gasteiger partial charge >= 0.3 is 0 Å². The van der Waals surface area contributed by atoms with Crippen molar-refractivity contribution in [3.63, 3.8) is 0 Å². The largest absolute Gasteiger partial charge is 0.385 e. The molecular formula is C5H12NO. The molecule has 0 aromatic rings. The first-order chi connectivity index (χ1) is 3.41. The van der Waals surface area contributed by atoms with E-state index in [0.717, 1.165) is 13.0 Å². The van der Waals surface area contributed by atoms with Crippen molar-refractivity contribution in [2.75, 3.05) is 20.3 Å². The van der Waals surface area contributed by atoms with Crippen molar-refractivity contribution in [1.29, 1.82) is 0 Å². The summed E-state index contributed by atoms with van der Waals surface area (Å²) in [6.07, 6.45) is 2.95. The van der Waals surface area contributed by atoms with E-state index in [4.69, 9.17) is 10.5 Å². The molecule has 0 bridgehead atoms. The van der Waals surface area contributed by atoms with Gasteiger partial charge < -0.3 is 10.5 Å². The van der Waals surface area contributed by atoms with Crippen molar-refractivity contribution in [2.45, 2.75) is 6.42 Å². The monoisotopic (exact) mass is 102 g/mol. The average Bonchev–Trinajstić information content (AvgIpc) is 1.69. The molecule has 0 aliphatic heterocycles. The van der Waals surface area contributed by atoms with Gasteiger partial charge in [0.25, 0.3) is 0 Å². The summed E-state index contributed by atoms with van der Waals surface area (Å²) < 4.78 is 4.76. The second-order valence-corrected chi connectivity index (χ2v) is 1.31. The Labute approximate surface area is 44.7 Å². The van der Waals surface area contributed by atoms with Gasteiger partial charge in [0.05, 0.1) is 0 Å². The van der Waals surface area contributed by atoms with Crippen molar-refractivity contribution < 1.29 is 4.74 Å². The van der Waals surface area contributed by atoms with E-state index in [-0.39, 0.29) is 0 Å². The number of rotatable bonds is 4. The highest BCUT2D eigenvalue weighted by Crippen LogP contribution is 1.81. The number of ether oxygens (including phenoxy) is 1. The highest BCUT2D eigenvalue weighted by molar-refractivity contribution is 4.62. The van der Waals surface area contributed by atoms with E-state index in [2.05, 4.69) is 0 Å². The van der Waals surface area contributed by atoms with Crippen LogP contribution in [-0.2, 0) is 4.74 Å². The molecule has 2 nitrogen and oxygen atoms in total. The van der Waals surface area contributed by atoms with E-state index in [1.165, 1.54) is 0 Å². The summed E-state index contributed by atoms with van der Waals surface area (Å²) in [5.41, 5.74) is 5.16. The van der Waals surface area contributed by atoms with Crippen molar-refractivity contribution in [2.24, 2.45) is 5.73 Å². The first kappa shape index (κ1) is 6.92. The minimum absolute atomic E-state index is 0.656. The Morgan fingerprint density at radius 3 is 2.86 bits per heavy atom. The summed E-state index contributed by atoms with van der Waals surface area (Å²) in [6, 6.07) is 0. The lowest BCUT2D eigenvalue weighted by Crippen LogP contribution is -2.00. The van der Waals surface area contributed by atoms with E-state index in [0.29, 0.717) is 6.54 Å². The van der Waals surface area contributed by atoms with Crippen LogP contribution in [0.5, 0.6) is 0 Å². The molecule has 0 aromatic heterocycles. The normalized spacial score (nSPS) is 9.43. The molecule has 0 fully saturated rings. The highest BCUT2D eigenvalue weighted by Gasteiger charge is 1.80. The van der Waals surface area contributed by atoms with Gasteiger partial charge in [-0.15, -0.1) is 0 Å². The van der Waals surface area contributed by atoms with Gasteiger partial charge in [-0.3, -0.25) is 0 Å². The van der Waals surface area contributed by atoms with Gasteiger partial charge in [-0.1, -0.05) is 0 Å².